The van der Waals surface area contributed by atoms with Gasteiger partial charge in [0.15, 0.2) is 0 Å². The zero-order valence-corrected chi connectivity index (χ0v) is 22.6. The third-order valence-electron chi connectivity index (χ3n) is 7.78. The first kappa shape index (κ1) is 28.8. The quantitative estimate of drug-likeness (QED) is 0.208. The molecule has 1 fully saturated rings. The molecule has 2 heterocycles. The molecule has 0 radical (unpaired) electrons. The smallest absolute Gasteiger partial charge is 0.268 e. The van der Waals surface area contributed by atoms with Crippen molar-refractivity contribution in [2.24, 2.45) is 11.8 Å². The van der Waals surface area contributed by atoms with Crippen molar-refractivity contribution in [2.45, 2.75) is 89.5 Å². The van der Waals surface area contributed by atoms with E-state index in [2.05, 4.69) is 25.6 Å². The third-order valence-corrected chi connectivity index (χ3v) is 7.78. The minimum absolute atomic E-state index is 0.0251. The minimum atomic E-state index is -0.961. The number of hydrogen-bond donors (Lipinski definition) is 6. The van der Waals surface area contributed by atoms with Gasteiger partial charge in [0.2, 0.25) is 5.91 Å². The molecule has 1 aliphatic carbocycles. The summed E-state index contributed by atoms with van der Waals surface area (Å²) >= 11 is 0. The summed E-state index contributed by atoms with van der Waals surface area (Å²) in [5.41, 5.74) is 1.47. The van der Waals surface area contributed by atoms with Crippen LogP contribution in [0.1, 0.15) is 75.0 Å². The van der Waals surface area contributed by atoms with E-state index in [0.717, 1.165) is 25.7 Å². The highest BCUT2D eigenvalue weighted by Crippen LogP contribution is 2.29. The first-order chi connectivity index (χ1) is 18.7. The second-order valence-electron chi connectivity index (χ2n) is 11.2. The van der Waals surface area contributed by atoms with Crippen LogP contribution in [-0.4, -0.2) is 61.3 Å². The van der Waals surface area contributed by atoms with Gasteiger partial charge in [0.1, 0.15) is 17.6 Å². The van der Waals surface area contributed by atoms with Crippen LogP contribution in [0.15, 0.2) is 36.8 Å². The average Bonchev–Trinajstić information content (AvgIpc) is 3.58. The van der Waals surface area contributed by atoms with Gasteiger partial charge in [-0.2, -0.15) is 0 Å². The number of carbonyl (C=O) groups excluding carboxylic acids is 2. The molecule has 1 saturated carbocycles. The van der Waals surface area contributed by atoms with Crippen molar-refractivity contribution in [1.29, 1.82) is 0 Å². The molecule has 0 aliphatic heterocycles. The Kier molecular flexibility index (Phi) is 9.74. The van der Waals surface area contributed by atoms with Gasteiger partial charge >= 0.3 is 0 Å². The van der Waals surface area contributed by atoms with Crippen molar-refractivity contribution < 1.29 is 24.2 Å². The Labute approximate surface area is 228 Å². The highest BCUT2D eigenvalue weighted by atomic mass is 19.1. The molecule has 0 spiro atoms. The van der Waals surface area contributed by atoms with Gasteiger partial charge in [0.25, 0.3) is 5.91 Å². The summed E-state index contributed by atoms with van der Waals surface area (Å²) in [6, 6.07) is 4.22. The lowest BCUT2D eigenvalue weighted by Gasteiger charge is -2.32. The number of fused-ring (bicyclic) bond motifs is 1. The van der Waals surface area contributed by atoms with E-state index >= 15 is 0 Å². The Bertz CT molecular complexity index is 1220. The van der Waals surface area contributed by atoms with E-state index < -0.39 is 41.9 Å². The zero-order valence-electron chi connectivity index (χ0n) is 22.6. The molecule has 10 heteroatoms. The Morgan fingerprint density at radius 1 is 1.10 bits per heavy atom. The summed E-state index contributed by atoms with van der Waals surface area (Å²) in [5.74, 6) is -0.995. The molecule has 1 aliphatic rings. The number of imidazole rings is 1. The van der Waals surface area contributed by atoms with Crippen molar-refractivity contribution in [3.05, 3.63) is 54.0 Å². The fourth-order valence-electron chi connectivity index (χ4n) is 5.35. The normalized spacial score (nSPS) is 17.6. The number of hydrogen-bond acceptors (Lipinski definition) is 5. The SMILES string of the molecule is CC(C)[C@@H](O)C[C@H](O)[C@H](CC1CCCCC1)NC(=O)[C@H](Cc1cnc[nH]1)NC(=O)c1cc2cc(F)ccc2[nH]1. The summed E-state index contributed by atoms with van der Waals surface area (Å²) in [6.07, 6.45) is 7.92. The minimum Gasteiger partial charge on any atom is -0.393 e. The predicted octanol–water partition coefficient (Wildman–Crippen LogP) is 3.59. The molecule has 6 N–H and O–H groups in total. The Balaban J connectivity index is 1.51. The van der Waals surface area contributed by atoms with Crippen molar-refractivity contribution in [2.75, 3.05) is 0 Å². The molecule has 0 bridgehead atoms. The number of aromatic amines is 2. The first-order valence-corrected chi connectivity index (χ1v) is 13.9. The van der Waals surface area contributed by atoms with Gasteiger partial charge in [-0.1, -0.05) is 46.0 Å². The summed E-state index contributed by atoms with van der Waals surface area (Å²) in [7, 11) is 0. The van der Waals surface area contributed by atoms with Crippen LogP contribution in [-0.2, 0) is 11.2 Å². The molecular weight excluding hydrogens is 501 g/mol. The van der Waals surface area contributed by atoms with E-state index in [0.29, 0.717) is 28.9 Å². The maximum Gasteiger partial charge on any atom is 0.268 e. The topological polar surface area (TPSA) is 143 Å². The largest absolute Gasteiger partial charge is 0.393 e. The molecule has 212 valence electrons. The zero-order chi connectivity index (χ0) is 27.9. The summed E-state index contributed by atoms with van der Waals surface area (Å²) in [5, 5.41) is 27.9. The van der Waals surface area contributed by atoms with Crippen LogP contribution in [0.5, 0.6) is 0 Å². The van der Waals surface area contributed by atoms with Crippen LogP contribution >= 0.6 is 0 Å². The van der Waals surface area contributed by atoms with Gasteiger partial charge in [-0.3, -0.25) is 9.59 Å². The molecule has 39 heavy (non-hydrogen) atoms. The van der Waals surface area contributed by atoms with Gasteiger partial charge < -0.3 is 30.8 Å². The van der Waals surface area contributed by atoms with E-state index in [1.54, 1.807) is 18.3 Å². The van der Waals surface area contributed by atoms with E-state index in [-0.39, 0.29) is 24.5 Å². The Hall–Kier alpha value is -3.24. The summed E-state index contributed by atoms with van der Waals surface area (Å²) in [6.45, 7) is 3.78. The molecule has 3 aromatic rings. The molecule has 4 atom stereocenters. The lowest BCUT2D eigenvalue weighted by Crippen LogP contribution is -2.54. The number of benzene rings is 1. The third kappa shape index (κ3) is 7.89. The van der Waals surface area contributed by atoms with Crippen LogP contribution < -0.4 is 10.6 Å². The molecular formula is C29H40FN5O4. The van der Waals surface area contributed by atoms with Gasteiger partial charge in [-0.15, -0.1) is 0 Å². The van der Waals surface area contributed by atoms with Crippen molar-refractivity contribution in [3.63, 3.8) is 0 Å². The number of aliphatic hydroxyl groups is 2. The number of rotatable bonds is 12. The number of nitrogens with one attached hydrogen (secondary N) is 4. The van der Waals surface area contributed by atoms with E-state index in [9.17, 15) is 24.2 Å². The second-order valence-corrected chi connectivity index (χ2v) is 11.2. The molecule has 0 saturated heterocycles. The van der Waals surface area contributed by atoms with Crippen LogP contribution in [0.2, 0.25) is 0 Å². The fourth-order valence-corrected chi connectivity index (χ4v) is 5.35. The number of halogens is 1. The molecule has 0 unspecified atom stereocenters. The maximum atomic E-state index is 13.6. The molecule has 2 amide bonds. The van der Waals surface area contributed by atoms with Crippen LogP contribution in [0.3, 0.4) is 0 Å². The number of carbonyl (C=O) groups is 2. The van der Waals surface area contributed by atoms with Crippen molar-refractivity contribution in [3.8, 4) is 0 Å². The second kappa shape index (κ2) is 13.2. The number of amides is 2. The Morgan fingerprint density at radius 3 is 2.56 bits per heavy atom. The molecule has 9 nitrogen and oxygen atoms in total. The molecule has 1 aromatic carbocycles. The van der Waals surface area contributed by atoms with Gasteiger partial charge in [0, 0.05) is 35.6 Å². The summed E-state index contributed by atoms with van der Waals surface area (Å²) in [4.78, 5) is 36.8. The summed E-state index contributed by atoms with van der Waals surface area (Å²) < 4.78 is 13.6. The molecule has 4 rings (SSSR count). The fraction of sp³-hybridized carbons (Fsp3) is 0.552. The van der Waals surface area contributed by atoms with Crippen LogP contribution in [0.4, 0.5) is 4.39 Å². The number of nitrogens with zero attached hydrogens (tertiary/aromatic N) is 1. The molecule has 2 aromatic heterocycles. The lowest BCUT2D eigenvalue weighted by atomic mass is 9.82. The number of aromatic nitrogens is 3. The van der Waals surface area contributed by atoms with E-state index in [1.807, 2.05) is 13.8 Å². The monoisotopic (exact) mass is 541 g/mol. The van der Waals surface area contributed by atoms with E-state index in [4.69, 9.17) is 0 Å². The van der Waals surface area contributed by atoms with Crippen molar-refractivity contribution in [1.82, 2.24) is 25.6 Å². The Morgan fingerprint density at radius 2 is 1.87 bits per heavy atom. The standard InChI is InChI=1S/C29H40FN5O4/c1-17(2)26(36)14-27(37)23(10-18-6-4-3-5-7-18)34-29(39)25(13-21-15-31-16-32-21)35-28(38)24-12-19-11-20(30)8-9-22(19)33-24/h8-9,11-12,15-18,23,25-27,33,36-37H,3-7,10,13-14H2,1-2H3,(H,31,32)(H,34,39)(H,35,38)/t23-,25-,26-,27-/m0/s1. The van der Waals surface area contributed by atoms with Crippen molar-refractivity contribution >= 4 is 22.7 Å². The van der Waals surface area contributed by atoms with Gasteiger partial charge in [-0.05, 0) is 42.5 Å². The van der Waals surface area contributed by atoms with E-state index in [1.165, 1.54) is 24.9 Å². The van der Waals surface area contributed by atoms with Crippen LogP contribution in [0, 0.1) is 17.7 Å². The van der Waals surface area contributed by atoms with Gasteiger partial charge in [-0.25, -0.2) is 9.37 Å². The maximum absolute atomic E-state index is 13.6. The van der Waals surface area contributed by atoms with Gasteiger partial charge in [0.05, 0.1) is 24.6 Å². The number of aliphatic hydroxyl groups excluding tert-OH is 2. The number of H-pyrrole nitrogens is 2. The average molecular weight is 542 g/mol. The highest BCUT2D eigenvalue weighted by molar-refractivity contribution is 6.00. The first-order valence-electron chi connectivity index (χ1n) is 13.9. The lowest BCUT2D eigenvalue weighted by molar-refractivity contribution is -0.125. The predicted molar refractivity (Wildman–Crippen MR) is 146 cm³/mol. The van der Waals surface area contributed by atoms with Crippen LogP contribution in [0.25, 0.3) is 10.9 Å². The highest BCUT2D eigenvalue weighted by Gasteiger charge is 2.31.